The largest absolute Gasteiger partial charge is 0.483 e. The lowest BCUT2D eigenvalue weighted by molar-refractivity contribution is -0.122. The van der Waals surface area contributed by atoms with Crippen molar-refractivity contribution >= 4 is 6.47 Å². The lowest BCUT2D eigenvalue weighted by Crippen LogP contribution is -2.09. The third-order valence-electron chi connectivity index (χ3n) is 1.54. The molecule has 0 amide bonds. The van der Waals surface area contributed by atoms with E-state index in [9.17, 15) is 0 Å². The minimum atomic E-state index is -0.250. The number of aliphatic hydroxyl groups is 2. The van der Waals surface area contributed by atoms with Gasteiger partial charge in [-0.3, -0.25) is 4.79 Å². The molecule has 0 bridgehead atoms. The Labute approximate surface area is 121 Å². The first-order chi connectivity index (χ1) is 9.74. The molecule has 0 atom stereocenters. The van der Waals surface area contributed by atoms with Gasteiger partial charge in [0.1, 0.15) is 0 Å². The molecule has 3 N–H and O–H groups in total. The fourth-order valence-corrected chi connectivity index (χ4v) is 0.842. The smallest absolute Gasteiger partial charge is 0.290 e. The maximum atomic E-state index is 8.36. The Morgan fingerprint density at radius 1 is 0.750 bits per heavy atom. The molecule has 124 valence electrons. The van der Waals surface area contributed by atoms with E-state index in [0.717, 1.165) is 26.1 Å². The van der Waals surface area contributed by atoms with Crippen LogP contribution in [0.25, 0.3) is 0 Å². The van der Waals surface area contributed by atoms with Crippen LogP contribution in [-0.4, -0.2) is 74.6 Å². The van der Waals surface area contributed by atoms with E-state index in [0.29, 0.717) is 26.4 Å². The average molecular weight is 298 g/mol. The molecule has 0 saturated carbocycles. The van der Waals surface area contributed by atoms with Gasteiger partial charge in [0.25, 0.3) is 6.47 Å². The van der Waals surface area contributed by atoms with E-state index in [4.69, 9.17) is 34.3 Å². The van der Waals surface area contributed by atoms with Gasteiger partial charge in [-0.15, -0.1) is 0 Å². The molecule has 0 heterocycles. The molecule has 0 aromatic heterocycles. The monoisotopic (exact) mass is 298 g/mol. The third kappa shape index (κ3) is 43.3. The molecule has 0 aliphatic heterocycles. The van der Waals surface area contributed by atoms with Gasteiger partial charge in [0, 0.05) is 13.2 Å². The molecule has 0 spiro atoms. The highest BCUT2D eigenvalue weighted by Crippen LogP contribution is 1.81. The lowest BCUT2D eigenvalue weighted by Gasteiger charge is -2.01. The van der Waals surface area contributed by atoms with Crippen molar-refractivity contribution in [3.05, 3.63) is 0 Å². The van der Waals surface area contributed by atoms with Gasteiger partial charge in [-0.05, 0) is 12.8 Å². The van der Waals surface area contributed by atoms with Crippen molar-refractivity contribution in [3.63, 3.8) is 0 Å². The average Bonchev–Trinajstić information content (AvgIpc) is 2.45. The lowest BCUT2D eigenvalue weighted by atomic mass is 10.5. The summed E-state index contributed by atoms with van der Waals surface area (Å²) in [5, 5.41) is 23.4. The summed E-state index contributed by atoms with van der Waals surface area (Å²) in [5.74, 6) is 0. The third-order valence-corrected chi connectivity index (χ3v) is 1.54. The zero-order chi connectivity index (χ0) is 15.9. The van der Waals surface area contributed by atoms with Crippen molar-refractivity contribution in [2.75, 3.05) is 52.9 Å². The van der Waals surface area contributed by atoms with Crippen LogP contribution in [0.15, 0.2) is 0 Å². The van der Waals surface area contributed by atoms with E-state index >= 15 is 0 Å². The van der Waals surface area contributed by atoms with Crippen molar-refractivity contribution < 1.29 is 34.3 Å². The summed E-state index contributed by atoms with van der Waals surface area (Å²) >= 11 is 0. The Kier molecular flexibility index (Phi) is 37.6. The molecule has 20 heavy (non-hydrogen) atoms. The number of hydrogen-bond donors (Lipinski definition) is 3. The second-order valence-corrected chi connectivity index (χ2v) is 3.39. The van der Waals surface area contributed by atoms with E-state index in [2.05, 4.69) is 13.8 Å². The molecule has 0 unspecified atom stereocenters. The summed E-state index contributed by atoms with van der Waals surface area (Å²) in [7, 11) is 0. The first-order valence-electron chi connectivity index (χ1n) is 6.77. The molecule has 7 nitrogen and oxygen atoms in total. The molecular formula is C13H30O7. The van der Waals surface area contributed by atoms with Gasteiger partial charge in [0.2, 0.25) is 0 Å². The molecule has 0 saturated heterocycles. The minimum Gasteiger partial charge on any atom is -0.483 e. The van der Waals surface area contributed by atoms with Crippen molar-refractivity contribution in [3.8, 4) is 0 Å². The summed E-state index contributed by atoms with van der Waals surface area (Å²) in [6.45, 7) is 7.57. The number of hydrogen-bond acceptors (Lipinski definition) is 6. The van der Waals surface area contributed by atoms with Gasteiger partial charge in [-0.2, -0.15) is 0 Å². The van der Waals surface area contributed by atoms with E-state index in [-0.39, 0.29) is 19.7 Å². The molecule has 0 aliphatic carbocycles. The van der Waals surface area contributed by atoms with Gasteiger partial charge in [0.05, 0.1) is 39.6 Å². The molecular weight excluding hydrogens is 268 g/mol. The minimum absolute atomic E-state index is 0.0417. The Bertz CT molecular complexity index is 133. The highest BCUT2D eigenvalue weighted by atomic mass is 16.5. The second-order valence-electron chi connectivity index (χ2n) is 3.39. The number of carbonyl (C=O) groups is 1. The summed E-state index contributed by atoms with van der Waals surface area (Å²) in [6.07, 6.45) is 2.28. The number of carboxylic acid groups (broad SMARTS) is 1. The fourth-order valence-electron chi connectivity index (χ4n) is 0.842. The topological polar surface area (TPSA) is 105 Å². The van der Waals surface area contributed by atoms with Crippen molar-refractivity contribution in [2.45, 2.75) is 26.7 Å². The normalized spacial score (nSPS) is 9.00. The van der Waals surface area contributed by atoms with Crippen LogP contribution in [0.1, 0.15) is 26.7 Å². The highest BCUT2D eigenvalue weighted by molar-refractivity contribution is 5.32. The van der Waals surface area contributed by atoms with Crippen LogP contribution >= 0.6 is 0 Å². The predicted molar refractivity (Wildman–Crippen MR) is 75.9 cm³/mol. The van der Waals surface area contributed by atoms with Gasteiger partial charge in [-0.1, -0.05) is 13.8 Å². The van der Waals surface area contributed by atoms with E-state index in [1.807, 2.05) is 0 Å². The maximum absolute atomic E-state index is 8.36. The Balaban J connectivity index is -0.000000251. The quantitative estimate of drug-likeness (QED) is 0.377. The number of ether oxygens (including phenoxy) is 3. The molecule has 0 radical (unpaired) electrons. The Hall–Kier alpha value is -0.730. The van der Waals surface area contributed by atoms with Crippen molar-refractivity contribution in [2.24, 2.45) is 0 Å². The van der Waals surface area contributed by atoms with Gasteiger partial charge < -0.3 is 29.5 Å². The molecule has 0 fully saturated rings. The zero-order valence-electron chi connectivity index (χ0n) is 12.6. The van der Waals surface area contributed by atoms with Crippen LogP contribution in [0.5, 0.6) is 0 Å². The first-order valence-corrected chi connectivity index (χ1v) is 6.77. The van der Waals surface area contributed by atoms with Gasteiger partial charge in [-0.25, -0.2) is 0 Å². The standard InChI is InChI=1S/C6H14O4.C6H14O.CH2O2/c7-1-3-9-5-6-10-4-2-8;1-3-5-7-6-4-2;2-1-3/h7-8H,1-6H2;3-6H2,1-2H3;1H,(H,2,3). The van der Waals surface area contributed by atoms with E-state index in [1.165, 1.54) is 0 Å². The molecule has 0 aromatic carbocycles. The summed E-state index contributed by atoms with van der Waals surface area (Å²) in [4.78, 5) is 8.36. The first kappa shape index (κ1) is 24.3. The van der Waals surface area contributed by atoms with Crippen molar-refractivity contribution in [1.29, 1.82) is 0 Å². The van der Waals surface area contributed by atoms with Crippen LogP contribution in [0, 0.1) is 0 Å². The van der Waals surface area contributed by atoms with Crippen LogP contribution < -0.4 is 0 Å². The molecule has 0 aromatic rings. The predicted octanol–water partition coefficient (Wildman–Crippen LogP) is 0.528. The van der Waals surface area contributed by atoms with Gasteiger partial charge >= 0.3 is 0 Å². The molecule has 7 heteroatoms. The highest BCUT2D eigenvalue weighted by Gasteiger charge is 1.86. The Morgan fingerprint density at radius 2 is 1.05 bits per heavy atom. The number of aliphatic hydroxyl groups excluding tert-OH is 2. The van der Waals surface area contributed by atoms with Crippen LogP contribution in [0.3, 0.4) is 0 Å². The second kappa shape index (κ2) is 30.9. The van der Waals surface area contributed by atoms with E-state index < -0.39 is 0 Å². The molecule has 0 rings (SSSR count). The summed E-state index contributed by atoms with van der Waals surface area (Å²) in [5.41, 5.74) is 0. The fraction of sp³-hybridized carbons (Fsp3) is 0.923. The number of rotatable bonds is 11. The SMILES string of the molecule is CCCOCCC.O=CO.OCCOCCOCCO. The van der Waals surface area contributed by atoms with Gasteiger partial charge in [0.15, 0.2) is 0 Å². The zero-order valence-corrected chi connectivity index (χ0v) is 12.6. The van der Waals surface area contributed by atoms with Crippen LogP contribution in [0.2, 0.25) is 0 Å². The Morgan fingerprint density at radius 3 is 1.30 bits per heavy atom. The van der Waals surface area contributed by atoms with Crippen LogP contribution in [0.4, 0.5) is 0 Å². The maximum Gasteiger partial charge on any atom is 0.290 e. The van der Waals surface area contributed by atoms with Crippen LogP contribution in [-0.2, 0) is 19.0 Å². The summed E-state index contributed by atoms with van der Waals surface area (Å²) in [6, 6.07) is 0. The molecule has 0 aliphatic rings. The van der Waals surface area contributed by atoms with E-state index in [1.54, 1.807) is 0 Å². The summed E-state index contributed by atoms with van der Waals surface area (Å²) < 4.78 is 14.9. The van der Waals surface area contributed by atoms with Crippen molar-refractivity contribution in [1.82, 2.24) is 0 Å².